The highest BCUT2D eigenvalue weighted by molar-refractivity contribution is 4.50. The quantitative estimate of drug-likeness (QED) is 0.324. The van der Waals surface area contributed by atoms with E-state index in [2.05, 4.69) is 35.0 Å². The van der Waals surface area contributed by atoms with Crippen LogP contribution in [0.2, 0.25) is 0 Å². The molecule has 0 amide bonds. The van der Waals surface area contributed by atoms with Crippen molar-refractivity contribution in [2.24, 2.45) is 0 Å². The molecule has 0 saturated heterocycles. The monoisotopic (exact) mass is 216 g/mol. The summed E-state index contributed by atoms with van der Waals surface area (Å²) in [5.74, 6) is 0. The fraction of sp³-hybridized carbons (Fsp3) is 1.00. The highest BCUT2D eigenvalue weighted by Gasteiger charge is 2.14. The van der Waals surface area contributed by atoms with Crippen LogP contribution in [0.5, 0.6) is 0 Å². The molecule has 2 heteroatoms. The van der Waals surface area contributed by atoms with E-state index in [4.69, 9.17) is 4.84 Å². The first-order valence-corrected chi connectivity index (χ1v) is 6.45. The van der Waals surface area contributed by atoms with Crippen LogP contribution in [0, 0.1) is 0 Å². The lowest BCUT2D eigenvalue weighted by Gasteiger charge is -2.25. The summed E-state index contributed by atoms with van der Waals surface area (Å²) in [7, 11) is 6.20. The van der Waals surface area contributed by atoms with Crippen molar-refractivity contribution in [3.05, 3.63) is 0 Å². The molecule has 0 rings (SSSR count). The van der Waals surface area contributed by atoms with E-state index in [1.165, 1.54) is 44.9 Å². The summed E-state index contributed by atoms with van der Waals surface area (Å²) in [6.07, 6.45) is 9.78. The lowest BCUT2D eigenvalue weighted by atomic mass is 10.1. The van der Waals surface area contributed by atoms with E-state index >= 15 is 0 Å². The van der Waals surface area contributed by atoms with Gasteiger partial charge in [0.1, 0.15) is 6.10 Å². The van der Waals surface area contributed by atoms with Gasteiger partial charge in [-0.15, -0.1) is 0 Å². The molecule has 0 heterocycles. The molecule has 0 spiro atoms. The van der Waals surface area contributed by atoms with Gasteiger partial charge < -0.3 is 0 Å². The summed E-state index contributed by atoms with van der Waals surface area (Å²) in [6, 6.07) is 0. The zero-order chi connectivity index (χ0) is 11.7. The maximum absolute atomic E-state index is 5.80. The smallest absolute Gasteiger partial charge is 0.114 e. The summed E-state index contributed by atoms with van der Waals surface area (Å²) in [5, 5.41) is 0. The van der Waals surface area contributed by atoms with E-state index < -0.39 is 0 Å². The Morgan fingerprint density at radius 2 is 1.47 bits per heavy atom. The van der Waals surface area contributed by atoms with E-state index in [9.17, 15) is 0 Å². The summed E-state index contributed by atoms with van der Waals surface area (Å²) >= 11 is 0. The first kappa shape index (κ1) is 14.9. The Morgan fingerprint density at radius 1 is 0.933 bits per heavy atom. The second-order valence-electron chi connectivity index (χ2n) is 5.36. The van der Waals surface area contributed by atoms with Crippen LogP contribution < -0.4 is 0 Å². The van der Waals surface area contributed by atoms with Crippen molar-refractivity contribution < 1.29 is 9.48 Å². The number of hydrogen-bond donors (Lipinski definition) is 0. The third-order valence-corrected chi connectivity index (χ3v) is 2.46. The van der Waals surface area contributed by atoms with Crippen LogP contribution in [-0.2, 0) is 4.84 Å². The van der Waals surface area contributed by atoms with Crippen molar-refractivity contribution >= 4 is 0 Å². The normalized spacial score (nSPS) is 14.2. The van der Waals surface area contributed by atoms with Gasteiger partial charge in [-0.2, -0.15) is 4.65 Å². The van der Waals surface area contributed by atoms with Crippen LogP contribution >= 0.6 is 0 Å². The van der Waals surface area contributed by atoms with Crippen molar-refractivity contribution in [2.75, 3.05) is 21.1 Å². The lowest BCUT2D eigenvalue weighted by molar-refractivity contribution is -1.07. The SMILES string of the molecule is CCCCCCCCC(C)O[N+](C)(C)C. The number of hydrogen-bond acceptors (Lipinski definition) is 1. The molecule has 92 valence electrons. The molecule has 0 aliphatic rings. The van der Waals surface area contributed by atoms with Gasteiger partial charge in [0.05, 0.1) is 21.1 Å². The Labute approximate surface area is 96.2 Å². The van der Waals surface area contributed by atoms with Crippen molar-refractivity contribution in [1.82, 2.24) is 0 Å². The zero-order valence-electron chi connectivity index (χ0n) is 11.4. The molecule has 0 N–H and O–H groups in total. The van der Waals surface area contributed by atoms with Gasteiger partial charge in [-0.05, 0) is 13.3 Å². The van der Waals surface area contributed by atoms with Gasteiger partial charge in [0.15, 0.2) is 0 Å². The molecule has 15 heavy (non-hydrogen) atoms. The Balaban J connectivity index is 3.28. The minimum Gasteiger partial charge on any atom is -0.201 e. The molecule has 1 unspecified atom stereocenters. The molecule has 0 aliphatic carbocycles. The third kappa shape index (κ3) is 11.8. The molecule has 0 aromatic rings. The predicted octanol–water partition coefficient (Wildman–Crippen LogP) is 3.76. The van der Waals surface area contributed by atoms with Crippen LogP contribution in [0.25, 0.3) is 0 Å². The first-order valence-electron chi connectivity index (χ1n) is 6.45. The largest absolute Gasteiger partial charge is 0.201 e. The standard InChI is InChI=1S/C13H30NO/c1-6-7-8-9-10-11-12-13(2)15-14(3,4)5/h13H,6-12H2,1-5H3/q+1. The van der Waals surface area contributed by atoms with Crippen molar-refractivity contribution in [3.63, 3.8) is 0 Å². The minimum atomic E-state index is 0.385. The average molecular weight is 216 g/mol. The van der Waals surface area contributed by atoms with E-state index in [0.717, 1.165) is 0 Å². The molecule has 0 fully saturated rings. The maximum Gasteiger partial charge on any atom is 0.114 e. The van der Waals surface area contributed by atoms with E-state index in [-0.39, 0.29) is 0 Å². The van der Waals surface area contributed by atoms with Crippen LogP contribution in [0.3, 0.4) is 0 Å². The molecule has 0 saturated carbocycles. The van der Waals surface area contributed by atoms with Crippen molar-refractivity contribution in [2.45, 2.75) is 64.9 Å². The highest BCUT2D eigenvalue weighted by Crippen LogP contribution is 2.11. The van der Waals surface area contributed by atoms with Gasteiger partial charge in [0.25, 0.3) is 0 Å². The number of nitrogens with zero attached hydrogens (tertiary/aromatic N) is 1. The Hall–Kier alpha value is -0.0800. The Kier molecular flexibility index (Phi) is 8.07. The molecule has 0 radical (unpaired) electrons. The van der Waals surface area contributed by atoms with Crippen LogP contribution in [0.4, 0.5) is 0 Å². The van der Waals surface area contributed by atoms with E-state index in [1.54, 1.807) is 0 Å². The Morgan fingerprint density at radius 3 is 2.00 bits per heavy atom. The molecule has 0 aromatic carbocycles. The predicted molar refractivity (Wildman–Crippen MR) is 66.6 cm³/mol. The molecule has 2 nitrogen and oxygen atoms in total. The van der Waals surface area contributed by atoms with Crippen LogP contribution in [0.15, 0.2) is 0 Å². The second-order valence-corrected chi connectivity index (χ2v) is 5.36. The van der Waals surface area contributed by atoms with Gasteiger partial charge >= 0.3 is 0 Å². The third-order valence-electron chi connectivity index (χ3n) is 2.46. The lowest BCUT2D eigenvalue weighted by Crippen LogP contribution is -2.37. The molecule has 0 bridgehead atoms. The number of quaternary nitrogens is 1. The zero-order valence-corrected chi connectivity index (χ0v) is 11.4. The van der Waals surface area contributed by atoms with Crippen molar-refractivity contribution in [3.8, 4) is 0 Å². The molecule has 1 atom stereocenters. The fourth-order valence-electron chi connectivity index (χ4n) is 1.80. The fourth-order valence-corrected chi connectivity index (χ4v) is 1.80. The molecular formula is C13H30NO+. The summed E-state index contributed by atoms with van der Waals surface area (Å²) in [6.45, 7) is 4.44. The maximum atomic E-state index is 5.80. The summed E-state index contributed by atoms with van der Waals surface area (Å²) in [5.41, 5.74) is 0. The molecular weight excluding hydrogens is 186 g/mol. The van der Waals surface area contributed by atoms with Gasteiger partial charge in [0, 0.05) is 0 Å². The highest BCUT2D eigenvalue weighted by atomic mass is 16.7. The second kappa shape index (κ2) is 8.12. The molecule has 0 aliphatic heterocycles. The molecule has 0 aromatic heterocycles. The minimum absolute atomic E-state index is 0.385. The van der Waals surface area contributed by atoms with Gasteiger partial charge in [-0.1, -0.05) is 45.4 Å². The number of hydroxylamine groups is 3. The van der Waals surface area contributed by atoms with E-state index in [0.29, 0.717) is 10.8 Å². The Bertz CT molecular complexity index is 140. The van der Waals surface area contributed by atoms with E-state index in [1.807, 2.05) is 0 Å². The van der Waals surface area contributed by atoms with Gasteiger partial charge in [-0.25, -0.2) is 4.84 Å². The van der Waals surface area contributed by atoms with Gasteiger partial charge in [-0.3, -0.25) is 0 Å². The topological polar surface area (TPSA) is 9.23 Å². The average Bonchev–Trinajstić information content (AvgIpc) is 2.08. The van der Waals surface area contributed by atoms with Crippen LogP contribution in [0.1, 0.15) is 58.8 Å². The summed E-state index contributed by atoms with van der Waals surface area (Å²) < 4.78 is 0.608. The van der Waals surface area contributed by atoms with Gasteiger partial charge in [0.2, 0.25) is 0 Å². The number of unbranched alkanes of at least 4 members (excludes halogenated alkanes) is 5. The number of rotatable bonds is 9. The summed E-state index contributed by atoms with van der Waals surface area (Å²) in [4.78, 5) is 5.80. The van der Waals surface area contributed by atoms with Crippen LogP contribution in [-0.4, -0.2) is 31.9 Å². The van der Waals surface area contributed by atoms with Crippen molar-refractivity contribution in [1.29, 1.82) is 0 Å². The first-order chi connectivity index (χ1) is 6.95.